The fourth-order valence-corrected chi connectivity index (χ4v) is 1.60. The van der Waals surface area contributed by atoms with Gasteiger partial charge in [-0.3, -0.25) is 14.9 Å². The molecule has 0 atom stereocenters. The van der Waals surface area contributed by atoms with Crippen LogP contribution < -0.4 is 10.2 Å². The van der Waals surface area contributed by atoms with Gasteiger partial charge in [0.2, 0.25) is 11.7 Å². The van der Waals surface area contributed by atoms with Crippen molar-refractivity contribution in [2.45, 2.75) is 13.3 Å². The summed E-state index contributed by atoms with van der Waals surface area (Å²) in [5.41, 5.74) is -0.741. The highest BCUT2D eigenvalue weighted by atomic mass is 16.6. The number of nitro groups is 1. The van der Waals surface area contributed by atoms with Gasteiger partial charge in [0.05, 0.1) is 17.0 Å². The third-order valence-corrected chi connectivity index (χ3v) is 2.61. The van der Waals surface area contributed by atoms with Crippen molar-refractivity contribution in [2.75, 3.05) is 25.0 Å². The van der Waals surface area contributed by atoms with E-state index in [0.717, 1.165) is 18.7 Å². The van der Waals surface area contributed by atoms with E-state index in [-0.39, 0.29) is 23.8 Å². The highest BCUT2D eigenvalue weighted by Crippen LogP contribution is 2.25. The molecule has 2 N–H and O–H groups in total. The smallest absolute Gasteiger partial charge is 0.337 e. The molecule has 114 valence electrons. The molecule has 9 heteroatoms. The summed E-state index contributed by atoms with van der Waals surface area (Å²) in [5.74, 6) is -1.66. The van der Waals surface area contributed by atoms with Crippen LogP contribution in [0.25, 0.3) is 0 Å². The van der Waals surface area contributed by atoms with E-state index in [2.05, 4.69) is 10.3 Å². The van der Waals surface area contributed by atoms with Crippen LogP contribution in [0.2, 0.25) is 0 Å². The van der Waals surface area contributed by atoms with Crippen molar-refractivity contribution in [1.82, 2.24) is 10.3 Å². The molecule has 0 unspecified atom stereocenters. The lowest BCUT2D eigenvalue weighted by atomic mass is 10.2. The number of hydrogen-bond acceptors (Lipinski definition) is 6. The molecule has 1 heterocycles. The molecular weight excluding hydrogens is 280 g/mol. The first-order chi connectivity index (χ1) is 9.86. The van der Waals surface area contributed by atoms with Crippen LogP contribution in [0.15, 0.2) is 12.3 Å². The van der Waals surface area contributed by atoms with Gasteiger partial charge in [0.25, 0.3) is 0 Å². The molecule has 1 aromatic heterocycles. The lowest BCUT2D eigenvalue weighted by Crippen LogP contribution is -2.36. The van der Waals surface area contributed by atoms with Gasteiger partial charge >= 0.3 is 11.7 Å². The predicted molar refractivity (Wildman–Crippen MR) is 74.4 cm³/mol. The van der Waals surface area contributed by atoms with Crippen molar-refractivity contribution in [2.24, 2.45) is 0 Å². The molecule has 1 amide bonds. The lowest BCUT2D eigenvalue weighted by Gasteiger charge is -2.17. The fraction of sp³-hybridized carbons (Fsp3) is 0.417. The van der Waals surface area contributed by atoms with E-state index in [4.69, 9.17) is 5.11 Å². The largest absolute Gasteiger partial charge is 0.478 e. The Labute approximate surface area is 120 Å². The highest BCUT2D eigenvalue weighted by Gasteiger charge is 2.22. The van der Waals surface area contributed by atoms with Gasteiger partial charge in [-0.1, -0.05) is 6.92 Å². The maximum Gasteiger partial charge on any atom is 0.337 e. The number of hydrogen-bond donors (Lipinski definition) is 2. The molecule has 0 aliphatic carbocycles. The molecule has 1 aromatic rings. The number of carbonyl (C=O) groups excluding carboxylic acids is 1. The molecule has 0 aliphatic heterocycles. The second-order valence-corrected chi connectivity index (χ2v) is 4.34. The Kier molecular flexibility index (Phi) is 5.58. The number of aromatic carboxylic acids is 1. The number of rotatable bonds is 7. The average Bonchev–Trinajstić information content (AvgIpc) is 2.44. The van der Waals surface area contributed by atoms with Crippen molar-refractivity contribution in [3.05, 3.63) is 27.9 Å². The minimum atomic E-state index is -1.31. The van der Waals surface area contributed by atoms with Gasteiger partial charge in [0, 0.05) is 25.9 Å². The number of carboxylic acids is 1. The monoisotopic (exact) mass is 296 g/mol. The number of carboxylic acid groups (broad SMARTS) is 1. The van der Waals surface area contributed by atoms with Crippen molar-refractivity contribution in [1.29, 1.82) is 0 Å². The molecule has 0 aliphatic rings. The van der Waals surface area contributed by atoms with E-state index in [1.54, 1.807) is 0 Å². The van der Waals surface area contributed by atoms with E-state index < -0.39 is 16.6 Å². The van der Waals surface area contributed by atoms with Crippen LogP contribution in [0.5, 0.6) is 0 Å². The standard InChI is InChI=1S/C12H16N4O5/c1-3-4-13-10(17)7-15(2)11-9(16(20)21)5-8(6-14-11)12(18)19/h5-6H,3-4,7H2,1-2H3,(H,13,17)(H,18,19). The number of nitrogens with zero attached hydrogens (tertiary/aromatic N) is 3. The van der Waals surface area contributed by atoms with Crippen LogP contribution in [0.1, 0.15) is 23.7 Å². The van der Waals surface area contributed by atoms with Crippen LogP contribution in [0.4, 0.5) is 11.5 Å². The highest BCUT2D eigenvalue weighted by molar-refractivity contribution is 5.89. The zero-order valence-corrected chi connectivity index (χ0v) is 11.7. The van der Waals surface area contributed by atoms with Crippen molar-refractivity contribution >= 4 is 23.4 Å². The van der Waals surface area contributed by atoms with Gasteiger partial charge in [-0.25, -0.2) is 9.78 Å². The second-order valence-electron chi connectivity index (χ2n) is 4.34. The molecule has 0 spiro atoms. The summed E-state index contributed by atoms with van der Waals surface area (Å²) in [6, 6.07) is 0.922. The minimum absolute atomic E-state index is 0.0587. The number of nitrogens with one attached hydrogen (secondary N) is 1. The van der Waals surface area contributed by atoms with E-state index in [9.17, 15) is 19.7 Å². The van der Waals surface area contributed by atoms with E-state index in [1.165, 1.54) is 11.9 Å². The molecule has 0 radical (unpaired) electrons. The van der Waals surface area contributed by atoms with Gasteiger partial charge in [-0.05, 0) is 6.42 Å². The summed E-state index contributed by atoms with van der Waals surface area (Å²) >= 11 is 0. The van der Waals surface area contributed by atoms with Crippen LogP contribution >= 0.6 is 0 Å². The molecule has 0 saturated carbocycles. The quantitative estimate of drug-likeness (QED) is 0.558. The first-order valence-corrected chi connectivity index (χ1v) is 6.22. The topological polar surface area (TPSA) is 126 Å². The zero-order chi connectivity index (χ0) is 16.0. The Morgan fingerprint density at radius 2 is 2.19 bits per heavy atom. The second kappa shape index (κ2) is 7.17. The SMILES string of the molecule is CCCNC(=O)CN(C)c1ncc(C(=O)O)cc1[N+](=O)[O-]. The molecular formula is C12H16N4O5. The number of aromatic nitrogens is 1. The summed E-state index contributed by atoms with van der Waals surface area (Å²) < 4.78 is 0. The van der Waals surface area contributed by atoms with Gasteiger partial charge in [0.15, 0.2) is 0 Å². The third-order valence-electron chi connectivity index (χ3n) is 2.61. The molecule has 9 nitrogen and oxygen atoms in total. The zero-order valence-electron chi connectivity index (χ0n) is 11.7. The van der Waals surface area contributed by atoms with Crippen molar-refractivity contribution in [3.8, 4) is 0 Å². The Morgan fingerprint density at radius 1 is 1.52 bits per heavy atom. The summed E-state index contributed by atoms with van der Waals surface area (Å²) in [4.78, 5) is 37.8. The molecule has 0 saturated heterocycles. The number of carbonyl (C=O) groups is 2. The summed E-state index contributed by atoms with van der Waals surface area (Å²) in [6.07, 6.45) is 1.80. The summed E-state index contributed by atoms with van der Waals surface area (Å²) in [6.45, 7) is 2.31. The summed E-state index contributed by atoms with van der Waals surface area (Å²) in [5, 5.41) is 22.5. The number of amides is 1. The van der Waals surface area contributed by atoms with E-state index >= 15 is 0 Å². The van der Waals surface area contributed by atoms with E-state index in [1.807, 2.05) is 6.92 Å². The lowest BCUT2D eigenvalue weighted by molar-refractivity contribution is -0.384. The molecule has 0 fully saturated rings. The third kappa shape index (κ3) is 4.41. The molecule has 0 aromatic carbocycles. The first kappa shape index (κ1) is 16.3. The first-order valence-electron chi connectivity index (χ1n) is 6.22. The predicted octanol–water partition coefficient (Wildman–Crippen LogP) is 0.650. The van der Waals surface area contributed by atoms with Gasteiger partial charge in [0.1, 0.15) is 0 Å². The maximum atomic E-state index is 11.6. The average molecular weight is 296 g/mol. The summed E-state index contributed by atoms with van der Waals surface area (Å²) in [7, 11) is 1.47. The number of anilines is 1. The van der Waals surface area contributed by atoms with E-state index in [0.29, 0.717) is 6.54 Å². The Balaban J connectivity index is 2.98. The minimum Gasteiger partial charge on any atom is -0.478 e. The van der Waals surface area contributed by atoms with Crippen molar-refractivity contribution in [3.63, 3.8) is 0 Å². The number of likely N-dealkylation sites (N-methyl/N-ethyl adjacent to an activating group) is 1. The van der Waals surface area contributed by atoms with Gasteiger partial charge < -0.3 is 15.3 Å². The Morgan fingerprint density at radius 3 is 2.71 bits per heavy atom. The normalized spacial score (nSPS) is 10.0. The van der Waals surface area contributed by atoms with Crippen LogP contribution in [-0.2, 0) is 4.79 Å². The van der Waals surface area contributed by atoms with Crippen LogP contribution in [0, 0.1) is 10.1 Å². The van der Waals surface area contributed by atoms with Crippen LogP contribution in [0.3, 0.4) is 0 Å². The Hall–Kier alpha value is -2.71. The number of pyridine rings is 1. The maximum absolute atomic E-state index is 11.6. The van der Waals surface area contributed by atoms with Gasteiger partial charge in [-0.2, -0.15) is 0 Å². The molecule has 1 rings (SSSR count). The molecule has 21 heavy (non-hydrogen) atoms. The van der Waals surface area contributed by atoms with Gasteiger partial charge in [-0.15, -0.1) is 0 Å². The molecule has 0 bridgehead atoms. The van der Waals surface area contributed by atoms with Crippen LogP contribution in [-0.4, -0.2) is 47.0 Å². The fourth-order valence-electron chi connectivity index (χ4n) is 1.60. The van der Waals surface area contributed by atoms with Crippen molar-refractivity contribution < 1.29 is 19.6 Å². The Bertz CT molecular complexity index is 561.